The highest BCUT2D eigenvalue weighted by Gasteiger charge is 2.19. The summed E-state index contributed by atoms with van der Waals surface area (Å²) in [6.45, 7) is 0.0519. The highest BCUT2D eigenvalue weighted by atomic mass is 16.5. The number of hydrogen-bond donors (Lipinski definition) is 0. The maximum Gasteiger partial charge on any atom is 0.264 e. The van der Waals surface area contributed by atoms with Gasteiger partial charge in [-0.05, 0) is 24.3 Å². The Balaban J connectivity index is 2.42. The predicted molar refractivity (Wildman–Crippen MR) is 94.2 cm³/mol. The molecule has 0 fully saturated rings. The van der Waals surface area contributed by atoms with E-state index in [0.29, 0.717) is 28.0 Å². The zero-order valence-corrected chi connectivity index (χ0v) is 12.9. The number of rotatable bonds is 4. The zero-order chi connectivity index (χ0) is 16.9. The van der Waals surface area contributed by atoms with E-state index in [0.717, 1.165) is 0 Å². The van der Waals surface area contributed by atoms with Gasteiger partial charge in [-0.1, -0.05) is 24.1 Å². The Morgan fingerprint density at radius 1 is 1.08 bits per heavy atom. The fraction of sp³-hybridized carbons (Fsp3) is 0.100. The van der Waals surface area contributed by atoms with Crippen LogP contribution in [0.15, 0.2) is 53.5 Å². The molecule has 0 amide bonds. The first kappa shape index (κ1) is 15.4. The Hall–Kier alpha value is -3.50. The van der Waals surface area contributed by atoms with Crippen molar-refractivity contribution in [2.75, 3.05) is 6.61 Å². The maximum absolute atomic E-state index is 13.1. The van der Waals surface area contributed by atoms with Crippen LogP contribution in [0, 0.1) is 24.7 Å². The molecule has 4 heteroatoms. The summed E-state index contributed by atoms with van der Waals surface area (Å²) in [6, 6.07) is 12.9. The number of para-hydroxylation sites is 1. The Labute approximate surface area is 139 Å². The molecular weight excluding hydrogens is 300 g/mol. The second-order valence-corrected chi connectivity index (χ2v) is 5.03. The van der Waals surface area contributed by atoms with Crippen molar-refractivity contribution in [3.8, 4) is 36.1 Å². The van der Waals surface area contributed by atoms with Gasteiger partial charge < -0.3 is 4.74 Å². The van der Waals surface area contributed by atoms with Crippen molar-refractivity contribution in [2.45, 2.75) is 6.42 Å². The first-order valence-corrected chi connectivity index (χ1v) is 7.35. The molecule has 0 aliphatic carbocycles. The molecule has 0 radical (unpaired) electrons. The lowest BCUT2D eigenvalue weighted by Gasteiger charge is -2.16. The molecule has 0 atom stereocenters. The lowest BCUT2D eigenvalue weighted by molar-refractivity contribution is 0.370. The number of terminal acetylenes is 2. The lowest BCUT2D eigenvalue weighted by Crippen LogP contribution is -2.24. The zero-order valence-electron chi connectivity index (χ0n) is 12.9. The quantitative estimate of drug-likeness (QED) is 0.695. The van der Waals surface area contributed by atoms with Crippen molar-refractivity contribution in [3.05, 3.63) is 64.6 Å². The topological polar surface area (TPSA) is 44.1 Å². The van der Waals surface area contributed by atoms with Gasteiger partial charge in [-0.15, -0.1) is 18.8 Å². The second kappa shape index (κ2) is 6.73. The van der Waals surface area contributed by atoms with Crippen LogP contribution in [0.3, 0.4) is 0 Å². The summed E-state index contributed by atoms with van der Waals surface area (Å²) in [5.41, 5.74) is 1.36. The number of pyridine rings is 2. The maximum atomic E-state index is 13.1. The molecule has 0 unspecified atom stereocenters. The summed E-state index contributed by atoms with van der Waals surface area (Å²) >= 11 is 0. The third-order valence-electron chi connectivity index (χ3n) is 3.57. The molecule has 1 aromatic carbocycles. The van der Waals surface area contributed by atoms with Crippen LogP contribution < -0.4 is 10.3 Å². The molecule has 116 valence electrons. The van der Waals surface area contributed by atoms with Gasteiger partial charge >= 0.3 is 0 Å². The standard InChI is InChI=1S/C20H14N2O2/c1-3-9-17-18(24-14-4-2)16-12-8-13-21-19(16)22(20(17)23)15-10-6-5-7-11-15/h1-2,5-8,10-13H,9,14H2. The van der Waals surface area contributed by atoms with E-state index in [9.17, 15) is 4.79 Å². The van der Waals surface area contributed by atoms with Crippen LogP contribution in [-0.4, -0.2) is 16.2 Å². The van der Waals surface area contributed by atoms with E-state index in [1.54, 1.807) is 16.8 Å². The molecule has 24 heavy (non-hydrogen) atoms. The number of aromatic nitrogens is 2. The summed E-state index contributed by atoms with van der Waals surface area (Å²) < 4.78 is 7.19. The van der Waals surface area contributed by atoms with Gasteiger partial charge in [0.2, 0.25) is 0 Å². The highest BCUT2D eigenvalue weighted by molar-refractivity contribution is 5.85. The average molecular weight is 314 g/mol. The SMILES string of the molecule is C#CCOc1c(CC#C)c(=O)n(-c2ccccc2)c2ncccc12. The van der Waals surface area contributed by atoms with E-state index in [2.05, 4.69) is 16.8 Å². The molecule has 3 rings (SSSR count). The number of ether oxygens (including phenoxy) is 1. The number of fused-ring (bicyclic) bond motifs is 1. The summed E-state index contributed by atoms with van der Waals surface area (Å²) in [6.07, 6.45) is 12.5. The van der Waals surface area contributed by atoms with Crippen LogP contribution in [0.2, 0.25) is 0 Å². The van der Waals surface area contributed by atoms with E-state index >= 15 is 0 Å². The molecule has 0 aliphatic heterocycles. The minimum atomic E-state index is -0.252. The van der Waals surface area contributed by atoms with Crippen molar-refractivity contribution in [1.29, 1.82) is 0 Å². The first-order chi connectivity index (χ1) is 11.8. The van der Waals surface area contributed by atoms with Crippen molar-refractivity contribution < 1.29 is 4.74 Å². The molecule has 2 aromatic heterocycles. The molecule has 0 N–H and O–H groups in total. The van der Waals surface area contributed by atoms with Gasteiger partial charge in [-0.2, -0.15) is 0 Å². The third kappa shape index (κ3) is 2.62. The Kier molecular flexibility index (Phi) is 4.32. The number of hydrogen-bond acceptors (Lipinski definition) is 3. The third-order valence-corrected chi connectivity index (χ3v) is 3.57. The van der Waals surface area contributed by atoms with E-state index in [1.807, 2.05) is 36.4 Å². The first-order valence-electron chi connectivity index (χ1n) is 7.35. The molecule has 4 nitrogen and oxygen atoms in total. The van der Waals surface area contributed by atoms with Crippen LogP contribution in [0.5, 0.6) is 5.75 Å². The van der Waals surface area contributed by atoms with Crippen LogP contribution >= 0.6 is 0 Å². The molecular formula is C20H14N2O2. The van der Waals surface area contributed by atoms with Crippen molar-refractivity contribution in [2.24, 2.45) is 0 Å². The monoisotopic (exact) mass is 314 g/mol. The summed E-state index contributed by atoms with van der Waals surface area (Å²) in [5.74, 6) is 5.34. The van der Waals surface area contributed by atoms with Gasteiger partial charge in [0.1, 0.15) is 12.4 Å². The van der Waals surface area contributed by atoms with Crippen molar-refractivity contribution >= 4 is 11.0 Å². The molecule has 0 saturated heterocycles. The molecule has 0 spiro atoms. The molecule has 0 bridgehead atoms. The minimum Gasteiger partial charge on any atom is -0.480 e. The van der Waals surface area contributed by atoms with E-state index < -0.39 is 0 Å². The van der Waals surface area contributed by atoms with Gasteiger partial charge in [0.05, 0.1) is 16.6 Å². The fourth-order valence-corrected chi connectivity index (χ4v) is 2.60. The van der Waals surface area contributed by atoms with Gasteiger partial charge in [-0.3, -0.25) is 9.36 Å². The van der Waals surface area contributed by atoms with Gasteiger partial charge in [-0.25, -0.2) is 4.98 Å². The van der Waals surface area contributed by atoms with E-state index in [4.69, 9.17) is 17.6 Å². The normalized spacial score (nSPS) is 10.1. The van der Waals surface area contributed by atoms with E-state index in [-0.39, 0.29) is 18.6 Å². The van der Waals surface area contributed by atoms with Gasteiger partial charge in [0.15, 0.2) is 5.65 Å². The van der Waals surface area contributed by atoms with Crippen molar-refractivity contribution in [1.82, 2.24) is 9.55 Å². The molecule has 0 saturated carbocycles. The minimum absolute atomic E-state index is 0.0519. The Morgan fingerprint density at radius 2 is 1.88 bits per heavy atom. The smallest absolute Gasteiger partial charge is 0.264 e. The largest absolute Gasteiger partial charge is 0.480 e. The fourth-order valence-electron chi connectivity index (χ4n) is 2.60. The Morgan fingerprint density at radius 3 is 2.58 bits per heavy atom. The summed E-state index contributed by atoms with van der Waals surface area (Å²) in [5, 5.41) is 0.696. The van der Waals surface area contributed by atoms with Crippen LogP contribution in [0.4, 0.5) is 0 Å². The van der Waals surface area contributed by atoms with E-state index in [1.165, 1.54) is 0 Å². The Bertz CT molecular complexity index is 1020. The molecule has 2 heterocycles. The molecule has 3 aromatic rings. The lowest BCUT2D eigenvalue weighted by atomic mass is 10.1. The van der Waals surface area contributed by atoms with Gasteiger partial charge in [0, 0.05) is 12.6 Å². The average Bonchev–Trinajstić information content (AvgIpc) is 2.62. The van der Waals surface area contributed by atoms with Crippen LogP contribution in [0.25, 0.3) is 16.7 Å². The molecule has 0 aliphatic rings. The number of benzene rings is 1. The number of nitrogens with zero attached hydrogens (tertiary/aromatic N) is 2. The predicted octanol–water partition coefficient (Wildman–Crippen LogP) is 2.57. The van der Waals surface area contributed by atoms with Crippen LogP contribution in [0.1, 0.15) is 5.56 Å². The summed E-state index contributed by atoms with van der Waals surface area (Å²) in [7, 11) is 0. The van der Waals surface area contributed by atoms with Crippen LogP contribution in [-0.2, 0) is 6.42 Å². The second-order valence-electron chi connectivity index (χ2n) is 5.03. The van der Waals surface area contributed by atoms with Gasteiger partial charge in [0.25, 0.3) is 5.56 Å². The van der Waals surface area contributed by atoms with Crippen molar-refractivity contribution in [3.63, 3.8) is 0 Å². The summed E-state index contributed by atoms with van der Waals surface area (Å²) in [4.78, 5) is 17.4. The highest BCUT2D eigenvalue weighted by Crippen LogP contribution is 2.28.